The Morgan fingerprint density at radius 3 is 0.811 bits per heavy atom. The minimum Gasteiger partial charge on any atom is -0.460 e. The van der Waals surface area contributed by atoms with Crippen molar-refractivity contribution in [3.8, 4) is 0 Å². The summed E-state index contributed by atoms with van der Waals surface area (Å²) in [5.74, 6) is -0.264. The Bertz CT molecular complexity index is 710. The summed E-state index contributed by atoms with van der Waals surface area (Å²) in [6.07, 6.45) is 10.7. The number of carbonyl (C=O) groups excluding carboxylic acids is 1. The van der Waals surface area contributed by atoms with Gasteiger partial charge in [-0.2, -0.15) is 0 Å². The molecule has 318 valence electrons. The second-order valence-electron chi connectivity index (χ2n) is 13.2. The zero-order chi connectivity index (χ0) is 38.6. The Morgan fingerprint density at radius 1 is 0.321 bits per heavy atom. The van der Waals surface area contributed by atoms with Gasteiger partial charge < -0.3 is 61.6 Å². The zero-order valence-corrected chi connectivity index (χ0v) is 34.0. The fourth-order valence-electron chi connectivity index (χ4n) is 4.41. The van der Waals surface area contributed by atoms with E-state index in [0.717, 1.165) is 13.0 Å². The van der Waals surface area contributed by atoms with Gasteiger partial charge in [-0.3, -0.25) is 4.79 Å². The van der Waals surface area contributed by atoms with Crippen LogP contribution >= 0.6 is 0 Å². The van der Waals surface area contributed by atoms with Gasteiger partial charge in [-0.1, -0.05) is 51.9 Å². The average Bonchev–Trinajstić information content (AvgIpc) is 3.12. The molecule has 0 aromatic rings. The van der Waals surface area contributed by atoms with E-state index in [1.807, 2.05) is 20.8 Å². The van der Waals surface area contributed by atoms with Crippen LogP contribution in [-0.2, 0) is 66.4 Å². The molecule has 0 atom stereocenters. The maximum absolute atomic E-state index is 11.6. The molecular weight excluding hydrogens is 692 g/mol. The third-order valence-corrected chi connectivity index (χ3v) is 7.10. The molecule has 0 saturated heterocycles. The highest BCUT2D eigenvalue weighted by molar-refractivity contribution is 5.69. The van der Waals surface area contributed by atoms with E-state index in [9.17, 15) is 4.79 Å². The van der Waals surface area contributed by atoms with Crippen LogP contribution in [0.2, 0.25) is 0 Å². The highest BCUT2D eigenvalue weighted by Gasteiger charge is 2.15. The summed E-state index contributed by atoms with van der Waals surface area (Å²) in [7, 11) is 0. The number of rotatable bonds is 45. The van der Waals surface area contributed by atoms with Crippen molar-refractivity contribution in [3.05, 3.63) is 0 Å². The molecule has 0 aliphatic rings. The molecular formula is C39H78O14. The topological polar surface area (TPSA) is 137 Å². The molecule has 14 nitrogen and oxygen atoms in total. The van der Waals surface area contributed by atoms with Gasteiger partial charge in [0.05, 0.1) is 158 Å². The van der Waals surface area contributed by atoms with Crippen LogP contribution in [0.25, 0.3) is 0 Å². The molecule has 0 heterocycles. The van der Waals surface area contributed by atoms with E-state index in [-0.39, 0.29) is 12.4 Å². The van der Waals surface area contributed by atoms with Crippen molar-refractivity contribution in [1.82, 2.24) is 0 Å². The summed E-state index contributed by atoms with van der Waals surface area (Å²) in [4.78, 5) is 11.6. The van der Waals surface area contributed by atoms with Crippen LogP contribution in [-0.4, -0.2) is 170 Å². The van der Waals surface area contributed by atoms with Crippen LogP contribution in [0.15, 0.2) is 0 Å². The fourth-order valence-corrected chi connectivity index (χ4v) is 4.41. The molecule has 53 heavy (non-hydrogen) atoms. The standard InChI is InChI=1S/C39H78O14/c1-5-6-7-8-9-10-11-12-14-41-16-18-43-20-22-45-24-26-47-28-30-49-32-34-51-36-37-52-35-33-50-31-29-48-27-25-46-23-21-44-19-17-42-15-13-38(40)53-39(2,3)4/h5-37H2,1-4H3. The highest BCUT2D eigenvalue weighted by atomic mass is 16.6. The summed E-state index contributed by atoms with van der Waals surface area (Å²) in [5, 5.41) is 0. The molecule has 0 N–H and O–H groups in total. The Kier molecular flexibility index (Phi) is 42.9. The largest absolute Gasteiger partial charge is 0.460 e. The van der Waals surface area contributed by atoms with Gasteiger partial charge in [0.1, 0.15) is 5.60 Å². The maximum Gasteiger partial charge on any atom is 0.308 e. The lowest BCUT2D eigenvalue weighted by Gasteiger charge is -2.19. The lowest BCUT2D eigenvalue weighted by molar-refractivity contribution is -0.156. The molecule has 0 rings (SSSR count). The minimum absolute atomic E-state index is 0.233. The fraction of sp³-hybridized carbons (Fsp3) is 0.974. The predicted octanol–water partition coefficient (Wildman–Crippen LogP) is 5.06. The minimum atomic E-state index is -0.474. The Morgan fingerprint density at radius 2 is 0.547 bits per heavy atom. The van der Waals surface area contributed by atoms with Gasteiger partial charge >= 0.3 is 5.97 Å². The third-order valence-electron chi connectivity index (χ3n) is 7.10. The van der Waals surface area contributed by atoms with Crippen LogP contribution in [0.3, 0.4) is 0 Å². The van der Waals surface area contributed by atoms with E-state index >= 15 is 0 Å². The summed E-state index contributed by atoms with van der Waals surface area (Å²) in [6, 6.07) is 0. The molecule has 0 saturated carbocycles. The van der Waals surface area contributed by atoms with Gasteiger partial charge in [0, 0.05) is 6.61 Å². The molecule has 0 aliphatic heterocycles. The predicted molar refractivity (Wildman–Crippen MR) is 203 cm³/mol. The first-order valence-corrected chi connectivity index (χ1v) is 20.1. The van der Waals surface area contributed by atoms with Crippen LogP contribution in [0.1, 0.15) is 85.5 Å². The van der Waals surface area contributed by atoms with Crippen molar-refractivity contribution < 1.29 is 66.4 Å². The molecule has 0 fully saturated rings. The molecule has 0 amide bonds. The van der Waals surface area contributed by atoms with Crippen molar-refractivity contribution in [2.24, 2.45) is 0 Å². The van der Waals surface area contributed by atoms with Crippen molar-refractivity contribution in [1.29, 1.82) is 0 Å². The maximum atomic E-state index is 11.6. The normalized spacial score (nSPS) is 11.8. The van der Waals surface area contributed by atoms with Gasteiger partial charge in [-0.25, -0.2) is 0 Å². The Labute approximate surface area is 321 Å². The highest BCUT2D eigenvalue weighted by Crippen LogP contribution is 2.09. The molecule has 0 aliphatic carbocycles. The van der Waals surface area contributed by atoms with Gasteiger partial charge in [0.25, 0.3) is 0 Å². The summed E-state index contributed by atoms with van der Waals surface area (Å²) in [6.45, 7) is 20.2. The van der Waals surface area contributed by atoms with E-state index in [1.165, 1.54) is 44.9 Å². The number of ether oxygens (including phenoxy) is 13. The van der Waals surface area contributed by atoms with Crippen molar-refractivity contribution >= 4 is 5.97 Å². The number of hydrogen-bond donors (Lipinski definition) is 0. The van der Waals surface area contributed by atoms with Gasteiger partial charge in [0.15, 0.2) is 0 Å². The quantitative estimate of drug-likeness (QED) is 0.0603. The molecule has 0 unspecified atom stereocenters. The SMILES string of the molecule is CCCCCCCCCCOCCOCCOCCOCCOCCOCCOCCOCCOCCOCCOCCOCCC(=O)OC(C)(C)C. The van der Waals surface area contributed by atoms with E-state index in [2.05, 4.69) is 6.92 Å². The van der Waals surface area contributed by atoms with E-state index in [0.29, 0.717) is 152 Å². The van der Waals surface area contributed by atoms with E-state index < -0.39 is 5.60 Å². The number of esters is 1. The number of carbonyl (C=O) groups is 1. The monoisotopic (exact) mass is 771 g/mol. The molecule has 0 radical (unpaired) electrons. The van der Waals surface area contributed by atoms with Gasteiger partial charge in [-0.15, -0.1) is 0 Å². The summed E-state index contributed by atoms with van der Waals surface area (Å²) >= 11 is 0. The number of unbranched alkanes of at least 4 members (excludes halogenated alkanes) is 7. The third kappa shape index (κ3) is 49.0. The van der Waals surface area contributed by atoms with E-state index in [1.54, 1.807) is 0 Å². The molecule has 14 heteroatoms. The molecule has 0 aromatic heterocycles. The second-order valence-corrected chi connectivity index (χ2v) is 13.2. The van der Waals surface area contributed by atoms with Crippen LogP contribution < -0.4 is 0 Å². The first-order valence-electron chi connectivity index (χ1n) is 20.1. The summed E-state index contributed by atoms with van der Waals surface area (Å²) < 4.78 is 71.1. The summed E-state index contributed by atoms with van der Waals surface area (Å²) in [5.41, 5.74) is -0.474. The Hall–Kier alpha value is -1.01. The van der Waals surface area contributed by atoms with Crippen molar-refractivity contribution in [2.75, 3.05) is 159 Å². The smallest absolute Gasteiger partial charge is 0.308 e. The van der Waals surface area contributed by atoms with Crippen molar-refractivity contribution in [2.45, 2.75) is 91.1 Å². The van der Waals surface area contributed by atoms with Crippen LogP contribution in [0, 0.1) is 0 Å². The molecule has 0 spiro atoms. The first kappa shape index (κ1) is 52.0. The first-order chi connectivity index (χ1) is 26.0. The van der Waals surface area contributed by atoms with Crippen molar-refractivity contribution in [3.63, 3.8) is 0 Å². The zero-order valence-electron chi connectivity index (χ0n) is 34.0. The average molecular weight is 771 g/mol. The Balaban J connectivity index is 3.09. The van der Waals surface area contributed by atoms with Gasteiger partial charge in [0.2, 0.25) is 0 Å². The van der Waals surface area contributed by atoms with Crippen LogP contribution in [0.5, 0.6) is 0 Å². The lowest BCUT2D eigenvalue weighted by Crippen LogP contribution is -2.24. The lowest BCUT2D eigenvalue weighted by atomic mass is 10.1. The van der Waals surface area contributed by atoms with Crippen LogP contribution in [0.4, 0.5) is 0 Å². The number of hydrogen-bond acceptors (Lipinski definition) is 14. The van der Waals surface area contributed by atoms with Gasteiger partial charge in [-0.05, 0) is 27.2 Å². The molecule has 0 bridgehead atoms. The molecule has 0 aromatic carbocycles. The second kappa shape index (κ2) is 43.7. The van der Waals surface area contributed by atoms with E-state index in [4.69, 9.17) is 61.6 Å².